The molecule has 2 fully saturated rings. The zero-order valence-corrected chi connectivity index (χ0v) is 12.1. The summed E-state index contributed by atoms with van der Waals surface area (Å²) in [5.74, 6) is 1.77. The van der Waals surface area contributed by atoms with E-state index >= 15 is 0 Å². The number of oxazole rings is 1. The average Bonchev–Trinajstić information content (AvgIpc) is 2.85. The molecule has 0 aliphatic carbocycles. The summed E-state index contributed by atoms with van der Waals surface area (Å²) in [6, 6.07) is 1.03. The van der Waals surface area contributed by atoms with Gasteiger partial charge in [0, 0.05) is 17.5 Å². The van der Waals surface area contributed by atoms with Crippen molar-refractivity contribution < 1.29 is 9.52 Å². The van der Waals surface area contributed by atoms with E-state index in [9.17, 15) is 5.11 Å². The smallest absolute Gasteiger partial charge is 0.208 e. The first kappa shape index (κ1) is 13.1. The maximum atomic E-state index is 9.82. The van der Waals surface area contributed by atoms with E-state index in [2.05, 4.69) is 30.7 Å². The van der Waals surface area contributed by atoms with E-state index in [-0.39, 0.29) is 11.5 Å². The Kier molecular flexibility index (Phi) is 3.18. The van der Waals surface area contributed by atoms with Gasteiger partial charge in [-0.1, -0.05) is 20.8 Å². The number of aliphatic hydroxyl groups is 1. The highest BCUT2D eigenvalue weighted by molar-refractivity contribution is 5.06. The number of hydrogen-bond donors (Lipinski definition) is 1. The van der Waals surface area contributed by atoms with Gasteiger partial charge in [0.2, 0.25) is 5.89 Å². The minimum Gasteiger partial charge on any atom is -0.444 e. The lowest BCUT2D eigenvalue weighted by atomic mass is 9.94. The number of rotatable bonds is 2. The van der Waals surface area contributed by atoms with Crippen LogP contribution in [0.2, 0.25) is 0 Å². The second kappa shape index (κ2) is 4.60. The Bertz CT molecular complexity index is 435. The molecule has 2 aliphatic heterocycles. The van der Waals surface area contributed by atoms with E-state index in [1.165, 1.54) is 12.8 Å². The second-order valence-corrected chi connectivity index (χ2v) is 7.05. The fourth-order valence-electron chi connectivity index (χ4n) is 3.39. The first-order valence-electron chi connectivity index (χ1n) is 7.32. The molecule has 2 atom stereocenters. The van der Waals surface area contributed by atoms with E-state index in [4.69, 9.17) is 4.42 Å². The van der Waals surface area contributed by atoms with Crippen molar-refractivity contribution in [2.24, 2.45) is 0 Å². The van der Waals surface area contributed by atoms with Crippen LogP contribution in [-0.4, -0.2) is 33.2 Å². The molecule has 4 heteroatoms. The molecule has 3 heterocycles. The van der Waals surface area contributed by atoms with Gasteiger partial charge in [-0.2, -0.15) is 0 Å². The van der Waals surface area contributed by atoms with Gasteiger partial charge in [0.25, 0.3) is 0 Å². The largest absolute Gasteiger partial charge is 0.444 e. The average molecular weight is 264 g/mol. The Morgan fingerprint density at radius 1 is 1.32 bits per heavy atom. The van der Waals surface area contributed by atoms with Crippen LogP contribution < -0.4 is 0 Å². The SMILES string of the molecule is CC(C)(C)c1cnc(CN2C3CCC2CC(O)C3)o1. The molecule has 19 heavy (non-hydrogen) atoms. The molecule has 1 aromatic rings. The number of hydrogen-bond acceptors (Lipinski definition) is 4. The lowest BCUT2D eigenvalue weighted by Crippen LogP contribution is -2.44. The summed E-state index contributed by atoms with van der Waals surface area (Å²) in [6.07, 6.45) is 5.97. The van der Waals surface area contributed by atoms with Gasteiger partial charge in [-0.15, -0.1) is 0 Å². The third-order valence-corrected chi connectivity index (χ3v) is 4.47. The molecular weight excluding hydrogens is 240 g/mol. The van der Waals surface area contributed by atoms with Gasteiger partial charge < -0.3 is 9.52 Å². The van der Waals surface area contributed by atoms with Crippen LogP contribution in [-0.2, 0) is 12.0 Å². The number of nitrogens with zero attached hydrogens (tertiary/aromatic N) is 2. The van der Waals surface area contributed by atoms with Crippen LogP contribution in [0.4, 0.5) is 0 Å². The van der Waals surface area contributed by atoms with Crippen molar-refractivity contribution in [2.45, 2.75) is 76.6 Å². The minimum atomic E-state index is -0.108. The Hall–Kier alpha value is -0.870. The van der Waals surface area contributed by atoms with Crippen molar-refractivity contribution in [3.63, 3.8) is 0 Å². The fourth-order valence-corrected chi connectivity index (χ4v) is 3.39. The van der Waals surface area contributed by atoms with E-state index in [1.807, 2.05) is 6.20 Å². The Balaban J connectivity index is 1.71. The van der Waals surface area contributed by atoms with Crippen LogP contribution in [0.5, 0.6) is 0 Å². The lowest BCUT2D eigenvalue weighted by molar-refractivity contribution is 0.0263. The predicted octanol–water partition coefficient (Wildman–Crippen LogP) is 2.46. The molecule has 1 N–H and O–H groups in total. The minimum absolute atomic E-state index is 0.0162. The molecule has 2 saturated heterocycles. The van der Waals surface area contributed by atoms with Gasteiger partial charge in [-0.25, -0.2) is 4.98 Å². The maximum Gasteiger partial charge on any atom is 0.208 e. The molecule has 0 saturated carbocycles. The quantitative estimate of drug-likeness (QED) is 0.891. The van der Waals surface area contributed by atoms with E-state index in [1.54, 1.807) is 0 Å². The van der Waals surface area contributed by atoms with Crippen molar-refractivity contribution >= 4 is 0 Å². The van der Waals surface area contributed by atoms with Gasteiger partial charge in [0.15, 0.2) is 0 Å². The predicted molar refractivity (Wildman–Crippen MR) is 72.8 cm³/mol. The number of aromatic nitrogens is 1. The maximum absolute atomic E-state index is 9.82. The van der Waals surface area contributed by atoms with Gasteiger partial charge in [-0.3, -0.25) is 4.90 Å². The molecule has 3 rings (SSSR count). The van der Waals surface area contributed by atoms with Crippen molar-refractivity contribution in [1.82, 2.24) is 9.88 Å². The summed E-state index contributed by atoms with van der Waals surface area (Å²) in [4.78, 5) is 6.90. The Labute approximate surface area is 114 Å². The molecule has 4 nitrogen and oxygen atoms in total. The van der Waals surface area contributed by atoms with E-state index in [0.29, 0.717) is 12.1 Å². The highest BCUT2D eigenvalue weighted by Gasteiger charge is 2.40. The summed E-state index contributed by atoms with van der Waals surface area (Å²) >= 11 is 0. The topological polar surface area (TPSA) is 49.5 Å². The third-order valence-electron chi connectivity index (χ3n) is 4.47. The molecule has 1 aromatic heterocycles. The van der Waals surface area contributed by atoms with Crippen LogP contribution in [0, 0.1) is 0 Å². The van der Waals surface area contributed by atoms with Crippen LogP contribution in [0.25, 0.3) is 0 Å². The van der Waals surface area contributed by atoms with Crippen LogP contribution in [0.15, 0.2) is 10.6 Å². The number of piperidine rings is 1. The molecule has 2 aliphatic rings. The zero-order valence-electron chi connectivity index (χ0n) is 12.1. The van der Waals surface area contributed by atoms with Crippen LogP contribution in [0.3, 0.4) is 0 Å². The van der Waals surface area contributed by atoms with E-state index < -0.39 is 0 Å². The molecule has 0 aromatic carbocycles. The highest BCUT2D eigenvalue weighted by Crippen LogP contribution is 2.37. The van der Waals surface area contributed by atoms with Gasteiger partial charge in [-0.05, 0) is 25.7 Å². The Morgan fingerprint density at radius 2 is 1.95 bits per heavy atom. The summed E-state index contributed by atoms with van der Waals surface area (Å²) in [5, 5.41) is 9.82. The number of aliphatic hydroxyl groups excluding tert-OH is 1. The normalized spacial score (nSPS) is 31.9. The van der Waals surface area contributed by atoms with Crippen LogP contribution >= 0.6 is 0 Å². The Morgan fingerprint density at radius 3 is 2.47 bits per heavy atom. The highest BCUT2D eigenvalue weighted by atomic mass is 16.4. The van der Waals surface area contributed by atoms with E-state index in [0.717, 1.165) is 31.0 Å². The first-order valence-corrected chi connectivity index (χ1v) is 7.32. The van der Waals surface area contributed by atoms with Crippen molar-refractivity contribution in [3.8, 4) is 0 Å². The monoisotopic (exact) mass is 264 g/mol. The lowest BCUT2D eigenvalue weighted by Gasteiger charge is -2.36. The molecule has 0 radical (unpaired) electrons. The molecule has 0 spiro atoms. The number of fused-ring (bicyclic) bond motifs is 2. The summed E-state index contributed by atoms with van der Waals surface area (Å²) < 4.78 is 5.89. The molecule has 2 bridgehead atoms. The van der Waals surface area contributed by atoms with Crippen LogP contribution in [0.1, 0.15) is 58.1 Å². The molecule has 2 unspecified atom stereocenters. The fraction of sp³-hybridized carbons (Fsp3) is 0.800. The second-order valence-electron chi connectivity index (χ2n) is 7.05. The standard InChI is InChI=1S/C15H24N2O2/c1-15(2,3)13-8-16-14(19-13)9-17-10-4-5-11(17)7-12(18)6-10/h8,10-12,18H,4-7,9H2,1-3H3. The summed E-state index contributed by atoms with van der Waals surface area (Å²) in [5.41, 5.74) is 0.0162. The van der Waals surface area contributed by atoms with Crippen molar-refractivity contribution in [3.05, 3.63) is 17.8 Å². The molecular formula is C15H24N2O2. The summed E-state index contributed by atoms with van der Waals surface area (Å²) in [7, 11) is 0. The first-order chi connectivity index (χ1) is 8.93. The van der Waals surface area contributed by atoms with Gasteiger partial charge in [0.05, 0.1) is 18.8 Å². The molecule has 0 amide bonds. The zero-order chi connectivity index (χ0) is 13.6. The molecule has 106 valence electrons. The summed E-state index contributed by atoms with van der Waals surface area (Å²) in [6.45, 7) is 7.20. The van der Waals surface area contributed by atoms with Crippen molar-refractivity contribution in [2.75, 3.05) is 0 Å². The van der Waals surface area contributed by atoms with Gasteiger partial charge >= 0.3 is 0 Å². The van der Waals surface area contributed by atoms with Gasteiger partial charge in [0.1, 0.15) is 5.76 Å². The third kappa shape index (κ3) is 2.56. The van der Waals surface area contributed by atoms with Crippen molar-refractivity contribution in [1.29, 1.82) is 0 Å².